The second-order valence-electron chi connectivity index (χ2n) is 6.13. The van der Waals surface area contributed by atoms with Crippen molar-refractivity contribution in [2.24, 2.45) is 5.92 Å². The molecule has 122 valence electrons. The molecule has 1 aliphatic rings. The van der Waals surface area contributed by atoms with Crippen LogP contribution in [0, 0.1) is 5.92 Å². The molecule has 5 nitrogen and oxygen atoms in total. The third-order valence-electron chi connectivity index (χ3n) is 3.85. The maximum absolute atomic E-state index is 12.1. The van der Waals surface area contributed by atoms with Gasteiger partial charge in [0.05, 0.1) is 18.8 Å². The first kappa shape index (κ1) is 16.6. The van der Waals surface area contributed by atoms with Crippen LogP contribution in [0.4, 0.5) is 4.79 Å². The average molecular weight is 306 g/mol. The van der Waals surface area contributed by atoms with Crippen LogP contribution in [0.5, 0.6) is 5.75 Å². The number of carbonyl (C=O) groups excluding carboxylic acids is 1. The van der Waals surface area contributed by atoms with E-state index in [-0.39, 0.29) is 24.1 Å². The van der Waals surface area contributed by atoms with E-state index in [0.29, 0.717) is 19.6 Å². The zero-order chi connectivity index (χ0) is 15.9. The van der Waals surface area contributed by atoms with E-state index in [4.69, 9.17) is 4.74 Å². The van der Waals surface area contributed by atoms with Gasteiger partial charge in [0.2, 0.25) is 0 Å². The summed E-state index contributed by atoms with van der Waals surface area (Å²) in [5.74, 6) is 1.10. The number of carbonyl (C=O) groups is 1. The lowest BCUT2D eigenvalue weighted by Crippen LogP contribution is -2.40. The van der Waals surface area contributed by atoms with Crippen LogP contribution in [-0.2, 0) is 0 Å². The molecule has 0 fully saturated rings. The van der Waals surface area contributed by atoms with E-state index in [1.807, 2.05) is 31.2 Å². The number of aliphatic hydroxyl groups is 1. The zero-order valence-corrected chi connectivity index (χ0v) is 13.3. The van der Waals surface area contributed by atoms with Crippen molar-refractivity contribution in [3.8, 4) is 5.75 Å². The molecule has 0 radical (unpaired) electrons. The lowest BCUT2D eigenvalue weighted by atomic mass is 10.0. The van der Waals surface area contributed by atoms with Crippen molar-refractivity contribution in [1.82, 2.24) is 10.6 Å². The van der Waals surface area contributed by atoms with Crippen LogP contribution in [0.15, 0.2) is 24.3 Å². The molecule has 1 aromatic rings. The fourth-order valence-corrected chi connectivity index (χ4v) is 2.82. The molecule has 22 heavy (non-hydrogen) atoms. The SMILES string of the molecule is CC(O)CC(C)CNC(=O)NC1CCCOc2ccccc21. The first-order valence-electron chi connectivity index (χ1n) is 8.00. The van der Waals surface area contributed by atoms with Gasteiger partial charge in [0.25, 0.3) is 0 Å². The summed E-state index contributed by atoms with van der Waals surface area (Å²) < 4.78 is 5.70. The van der Waals surface area contributed by atoms with Gasteiger partial charge in [-0.05, 0) is 38.2 Å². The van der Waals surface area contributed by atoms with Gasteiger partial charge in [0.1, 0.15) is 5.75 Å². The first-order chi connectivity index (χ1) is 10.6. The molecule has 0 saturated heterocycles. The van der Waals surface area contributed by atoms with Crippen molar-refractivity contribution in [3.63, 3.8) is 0 Å². The van der Waals surface area contributed by atoms with Gasteiger partial charge in [-0.15, -0.1) is 0 Å². The third-order valence-corrected chi connectivity index (χ3v) is 3.85. The molecule has 0 spiro atoms. The molecule has 1 aromatic carbocycles. The minimum absolute atomic E-state index is 0.0224. The first-order valence-corrected chi connectivity index (χ1v) is 8.00. The van der Waals surface area contributed by atoms with Gasteiger partial charge in [0.15, 0.2) is 0 Å². The van der Waals surface area contributed by atoms with Gasteiger partial charge < -0.3 is 20.5 Å². The summed E-state index contributed by atoms with van der Waals surface area (Å²) in [4.78, 5) is 12.1. The van der Waals surface area contributed by atoms with Crippen molar-refractivity contribution in [2.45, 2.75) is 45.3 Å². The molecule has 5 heteroatoms. The third kappa shape index (κ3) is 4.91. The summed E-state index contributed by atoms with van der Waals surface area (Å²) in [5, 5.41) is 15.3. The number of ether oxygens (including phenoxy) is 1. The van der Waals surface area contributed by atoms with E-state index in [1.165, 1.54) is 0 Å². The van der Waals surface area contributed by atoms with Gasteiger partial charge in [-0.25, -0.2) is 4.79 Å². The fraction of sp³-hybridized carbons (Fsp3) is 0.588. The molecule has 1 heterocycles. The van der Waals surface area contributed by atoms with Crippen LogP contribution in [0.3, 0.4) is 0 Å². The number of fused-ring (bicyclic) bond motifs is 1. The van der Waals surface area contributed by atoms with Crippen molar-refractivity contribution >= 4 is 6.03 Å². The molecule has 3 atom stereocenters. The molecule has 0 bridgehead atoms. The largest absolute Gasteiger partial charge is 0.493 e. The van der Waals surface area contributed by atoms with Gasteiger partial charge in [-0.3, -0.25) is 0 Å². The van der Waals surface area contributed by atoms with Gasteiger partial charge in [0, 0.05) is 12.1 Å². The minimum atomic E-state index is -0.342. The number of benzene rings is 1. The van der Waals surface area contributed by atoms with E-state index >= 15 is 0 Å². The highest BCUT2D eigenvalue weighted by molar-refractivity contribution is 5.74. The number of rotatable bonds is 5. The molecule has 0 aliphatic carbocycles. The van der Waals surface area contributed by atoms with E-state index in [2.05, 4.69) is 10.6 Å². The minimum Gasteiger partial charge on any atom is -0.493 e. The van der Waals surface area contributed by atoms with Gasteiger partial charge in [-0.2, -0.15) is 0 Å². The van der Waals surface area contributed by atoms with Crippen LogP contribution in [0.1, 0.15) is 44.7 Å². The number of nitrogens with one attached hydrogen (secondary N) is 2. The Morgan fingerprint density at radius 1 is 1.41 bits per heavy atom. The maximum Gasteiger partial charge on any atom is 0.315 e. The van der Waals surface area contributed by atoms with Crippen LogP contribution in [-0.4, -0.2) is 30.4 Å². The lowest BCUT2D eigenvalue weighted by Gasteiger charge is -2.20. The molecule has 2 rings (SSSR count). The quantitative estimate of drug-likeness (QED) is 0.783. The molecule has 3 unspecified atom stereocenters. The Morgan fingerprint density at radius 3 is 2.95 bits per heavy atom. The zero-order valence-electron chi connectivity index (χ0n) is 13.3. The summed E-state index contributed by atoms with van der Waals surface area (Å²) in [7, 11) is 0. The summed E-state index contributed by atoms with van der Waals surface area (Å²) in [6, 6.07) is 7.66. The Bertz CT molecular complexity index is 491. The lowest BCUT2D eigenvalue weighted by molar-refractivity contribution is 0.163. The second-order valence-corrected chi connectivity index (χ2v) is 6.13. The van der Waals surface area contributed by atoms with Gasteiger partial charge >= 0.3 is 6.03 Å². The van der Waals surface area contributed by atoms with Crippen molar-refractivity contribution < 1.29 is 14.6 Å². The van der Waals surface area contributed by atoms with E-state index in [0.717, 1.165) is 24.2 Å². The normalized spacial score (nSPS) is 20.0. The Balaban J connectivity index is 1.88. The van der Waals surface area contributed by atoms with E-state index in [9.17, 15) is 9.90 Å². The van der Waals surface area contributed by atoms with Crippen LogP contribution < -0.4 is 15.4 Å². The van der Waals surface area contributed by atoms with Crippen LogP contribution in [0.25, 0.3) is 0 Å². The standard InChI is InChI=1S/C17H26N2O3/c1-12(10-13(2)20)11-18-17(21)19-15-7-5-9-22-16-8-4-3-6-14(15)16/h3-4,6,8,12-13,15,20H,5,7,9-11H2,1-2H3,(H2,18,19,21). The number of aliphatic hydroxyl groups excluding tert-OH is 1. The van der Waals surface area contributed by atoms with Crippen molar-refractivity contribution in [2.75, 3.05) is 13.2 Å². The molecule has 0 saturated carbocycles. The predicted octanol–water partition coefficient (Wildman–Crippen LogP) is 2.61. The number of amides is 2. The number of urea groups is 1. The number of hydrogen-bond donors (Lipinski definition) is 3. The van der Waals surface area contributed by atoms with Crippen molar-refractivity contribution in [1.29, 1.82) is 0 Å². The molecule has 2 amide bonds. The number of para-hydroxylation sites is 1. The Hall–Kier alpha value is -1.75. The molecular formula is C17H26N2O3. The van der Waals surface area contributed by atoms with Crippen LogP contribution in [0.2, 0.25) is 0 Å². The highest BCUT2D eigenvalue weighted by Crippen LogP contribution is 2.30. The highest BCUT2D eigenvalue weighted by atomic mass is 16.5. The Morgan fingerprint density at radius 2 is 2.18 bits per heavy atom. The monoisotopic (exact) mass is 306 g/mol. The highest BCUT2D eigenvalue weighted by Gasteiger charge is 2.21. The van der Waals surface area contributed by atoms with E-state index in [1.54, 1.807) is 6.92 Å². The Labute approximate surface area is 132 Å². The average Bonchev–Trinajstić information content (AvgIpc) is 2.67. The Kier molecular flexibility index (Phi) is 6.07. The smallest absolute Gasteiger partial charge is 0.315 e. The van der Waals surface area contributed by atoms with Crippen LogP contribution >= 0.6 is 0 Å². The fourth-order valence-electron chi connectivity index (χ4n) is 2.82. The van der Waals surface area contributed by atoms with Gasteiger partial charge in [-0.1, -0.05) is 25.1 Å². The topological polar surface area (TPSA) is 70.6 Å². The molecule has 1 aliphatic heterocycles. The summed E-state index contributed by atoms with van der Waals surface area (Å²) in [6.45, 7) is 5.02. The summed E-state index contributed by atoms with van der Waals surface area (Å²) in [5.41, 5.74) is 1.03. The van der Waals surface area contributed by atoms with E-state index < -0.39 is 0 Å². The molecular weight excluding hydrogens is 280 g/mol. The number of hydrogen-bond acceptors (Lipinski definition) is 3. The molecule has 3 N–H and O–H groups in total. The summed E-state index contributed by atoms with van der Waals surface area (Å²) >= 11 is 0. The van der Waals surface area contributed by atoms with Crippen molar-refractivity contribution in [3.05, 3.63) is 29.8 Å². The molecule has 0 aromatic heterocycles. The maximum atomic E-state index is 12.1. The second kappa shape index (κ2) is 8.03. The predicted molar refractivity (Wildman–Crippen MR) is 85.9 cm³/mol. The summed E-state index contributed by atoms with van der Waals surface area (Å²) in [6.07, 6.45) is 2.12.